The minimum atomic E-state index is 0.165. The van der Waals surface area contributed by atoms with E-state index in [9.17, 15) is 0 Å². The Morgan fingerprint density at radius 1 is 1.32 bits per heavy atom. The average molecular weight is 263 g/mol. The van der Waals surface area contributed by atoms with E-state index in [1.165, 1.54) is 38.5 Å². The van der Waals surface area contributed by atoms with Crippen molar-refractivity contribution in [3.05, 3.63) is 11.7 Å². The van der Waals surface area contributed by atoms with Gasteiger partial charge < -0.3 is 9.84 Å². The van der Waals surface area contributed by atoms with Gasteiger partial charge in [-0.1, -0.05) is 31.8 Å². The van der Waals surface area contributed by atoms with Crippen molar-refractivity contribution in [2.45, 2.75) is 70.3 Å². The van der Waals surface area contributed by atoms with Crippen molar-refractivity contribution in [1.82, 2.24) is 15.5 Å². The SMILES string of the molecule is CC(C)CC1(c2nc(C3CCCN3)no2)CCCC1. The molecule has 0 amide bonds. The Bertz CT molecular complexity index is 415. The van der Waals surface area contributed by atoms with Crippen molar-refractivity contribution >= 4 is 0 Å². The first kappa shape index (κ1) is 13.1. The molecular formula is C15H25N3O. The molecule has 0 spiro atoms. The first-order chi connectivity index (χ1) is 9.20. The molecule has 1 aromatic rings. The van der Waals surface area contributed by atoms with Crippen LogP contribution in [-0.2, 0) is 5.41 Å². The van der Waals surface area contributed by atoms with Gasteiger partial charge in [-0.3, -0.25) is 0 Å². The summed E-state index contributed by atoms with van der Waals surface area (Å²) in [6, 6.07) is 0.315. The van der Waals surface area contributed by atoms with Crippen LogP contribution in [-0.4, -0.2) is 16.7 Å². The molecule has 4 nitrogen and oxygen atoms in total. The molecule has 19 heavy (non-hydrogen) atoms. The lowest BCUT2D eigenvalue weighted by molar-refractivity contribution is 0.243. The lowest BCUT2D eigenvalue weighted by atomic mass is 9.78. The molecule has 2 fully saturated rings. The molecule has 0 radical (unpaired) electrons. The topological polar surface area (TPSA) is 51.0 Å². The highest BCUT2D eigenvalue weighted by Gasteiger charge is 2.41. The lowest BCUT2D eigenvalue weighted by Gasteiger charge is -2.26. The van der Waals surface area contributed by atoms with E-state index >= 15 is 0 Å². The van der Waals surface area contributed by atoms with Crippen LogP contribution in [0, 0.1) is 5.92 Å². The number of nitrogens with one attached hydrogen (secondary N) is 1. The summed E-state index contributed by atoms with van der Waals surface area (Å²) in [6.07, 6.45) is 8.54. The van der Waals surface area contributed by atoms with Crippen LogP contribution in [0.3, 0.4) is 0 Å². The molecule has 1 atom stereocenters. The Kier molecular flexibility index (Phi) is 3.61. The predicted molar refractivity (Wildman–Crippen MR) is 73.9 cm³/mol. The number of hydrogen-bond donors (Lipinski definition) is 1. The molecule has 2 heterocycles. The molecule has 106 valence electrons. The summed E-state index contributed by atoms with van der Waals surface area (Å²) in [5.74, 6) is 2.46. The zero-order valence-electron chi connectivity index (χ0n) is 12.1. The second-order valence-electron chi connectivity index (χ2n) is 6.69. The van der Waals surface area contributed by atoms with E-state index in [1.54, 1.807) is 0 Å². The van der Waals surface area contributed by atoms with Gasteiger partial charge in [0.1, 0.15) is 0 Å². The summed E-state index contributed by atoms with van der Waals surface area (Å²) in [6.45, 7) is 5.65. The molecule has 4 heteroatoms. The number of nitrogens with zero attached hydrogens (tertiary/aromatic N) is 2. The standard InChI is InChI=1S/C15H25N3O/c1-11(2)10-15(7-3-4-8-15)14-17-13(18-19-14)12-6-5-9-16-12/h11-12,16H,3-10H2,1-2H3. The van der Waals surface area contributed by atoms with Crippen LogP contribution < -0.4 is 5.32 Å². The van der Waals surface area contributed by atoms with E-state index in [1.807, 2.05) is 0 Å². The van der Waals surface area contributed by atoms with Crippen LogP contribution in [0.25, 0.3) is 0 Å². The first-order valence-corrected chi connectivity index (χ1v) is 7.77. The predicted octanol–water partition coefficient (Wildman–Crippen LogP) is 3.35. The molecule has 1 saturated carbocycles. The van der Waals surface area contributed by atoms with E-state index in [0.717, 1.165) is 24.7 Å². The second kappa shape index (κ2) is 5.23. The highest BCUT2D eigenvalue weighted by atomic mass is 16.5. The minimum Gasteiger partial charge on any atom is -0.339 e. The van der Waals surface area contributed by atoms with Crippen LogP contribution in [0.15, 0.2) is 4.52 Å². The van der Waals surface area contributed by atoms with E-state index in [-0.39, 0.29) is 5.41 Å². The summed E-state index contributed by atoms with van der Waals surface area (Å²) < 4.78 is 5.66. The molecular weight excluding hydrogens is 238 g/mol. The quantitative estimate of drug-likeness (QED) is 0.905. The van der Waals surface area contributed by atoms with Crippen molar-refractivity contribution in [3.63, 3.8) is 0 Å². The van der Waals surface area contributed by atoms with E-state index in [4.69, 9.17) is 9.51 Å². The highest BCUT2D eigenvalue weighted by molar-refractivity contribution is 5.10. The molecule has 1 saturated heterocycles. The summed E-state index contributed by atoms with van der Waals surface area (Å²) >= 11 is 0. The molecule has 0 aromatic carbocycles. The summed E-state index contributed by atoms with van der Waals surface area (Å²) in [4.78, 5) is 4.76. The van der Waals surface area contributed by atoms with Crippen LogP contribution in [0.4, 0.5) is 0 Å². The molecule has 1 aliphatic heterocycles. The smallest absolute Gasteiger partial charge is 0.232 e. The van der Waals surface area contributed by atoms with Gasteiger partial charge in [-0.2, -0.15) is 4.98 Å². The molecule has 0 bridgehead atoms. The average Bonchev–Trinajstić information content (AvgIpc) is 3.10. The summed E-state index contributed by atoms with van der Waals surface area (Å²) in [5.41, 5.74) is 0.165. The minimum absolute atomic E-state index is 0.165. The van der Waals surface area contributed by atoms with Gasteiger partial charge in [-0.25, -0.2) is 0 Å². The monoisotopic (exact) mass is 263 g/mol. The third kappa shape index (κ3) is 2.55. The van der Waals surface area contributed by atoms with Crippen LogP contribution >= 0.6 is 0 Å². The maximum absolute atomic E-state index is 5.66. The molecule has 1 unspecified atom stereocenters. The fraction of sp³-hybridized carbons (Fsp3) is 0.867. The fourth-order valence-electron chi connectivity index (χ4n) is 3.84. The molecule has 3 rings (SSSR count). The van der Waals surface area contributed by atoms with Gasteiger partial charge in [0, 0.05) is 5.41 Å². The maximum atomic E-state index is 5.66. The Morgan fingerprint density at radius 2 is 2.11 bits per heavy atom. The Balaban J connectivity index is 1.82. The summed E-state index contributed by atoms with van der Waals surface area (Å²) in [7, 11) is 0. The van der Waals surface area contributed by atoms with E-state index < -0.39 is 0 Å². The third-order valence-electron chi connectivity index (χ3n) is 4.63. The third-order valence-corrected chi connectivity index (χ3v) is 4.63. The van der Waals surface area contributed by atoms with Crippen LogP contribution in [0.2, 0.25) is 0 Å². The van der Waals surface area contributed by atoms with Gasteiger partial charge in [-0.15, -0.1) is 0 Å². The molecule has 1 aliphatic carbocycles. The number of aromatic nitrogens is 2. The Hall–Kier alpha value is -0.900. The molecule has 1 aromatic heterocycles. The van der Waals surface area contributed by atoms with Crippen molar-refractivity contribution in [2.75, 3.05) is 6.54 Å². The zero-order chi connectivity index (χ0) is 13.3. The van der Waals surface area contributed by atoms with Crippen molar-refractivity contribution in [3.8, 4) is 0 Å². The molecule has 2 aliphatic rings. The van der Waals surface area contributed by atoms with Gasteiger partial charge in [0.2, 0.25) is 5.89 Å². The Morgan fingerprint density at radius 3 is 2.74 bits per heavy atom. The van der Waals surface area contributed by atoms with Crippen molar-refractivity contribution < 1.29 is 4.52 Å². The Labute approximate surface area is 115 Å². The number of rotatable bonds is 4. The van der Waals surface area contributed by atoms with E-state index in [2.05, 4.69) is 24.3 Å². The van der Waals surface area contributed by atoms with Gasteiger partial charge >= 0.3 is 0 Å². The van der Waals surface area contributed by atoms with Gasteiger partial charge in [-0.05, 0) is 44.6 Å². The van der Waals surface area contributed by atoms with Crippen molar-refractivity contribution in [2.24, 2.45) is 5.92 Å². The zero-order valence-corrected chi connectivity index (χ0v) is 12.1. The summed E-state index contributed by atoms with van der Waals surface area (Å²) in [5, 5.41) is 7.69. The number of hydrogen-bond acceptors (Lipinski definition) is 4. The first-order valence-electron chi connectivity index (χ1n) is 7.77. The largest absolute Gasteiger partial charge is 0.339 e. The van der Waals surface area contributed by atoms with Crippen LogP contribution in [0.1, 0.15) is 76.6 Å². The lowest BCUT2D eigenvalue weighted by Crippen LogP contribution is -2.25. The second-order valence-corrected chi connectivity index (χ2v) is 6.69. The van der Waals surface area contributed by atoms with Crippen LogP contribution in [0.5, 0.6) is 0 Å². The van der Waals surface area contributed by atoms with Gasteiger partial charge in [0.25, 0.3) is 0 Å². The van der Waals surface area contributed by atoms with Gasteiger partial charge in [0.05, 0.1) is 6.04 Å². The maximum Gasteiger partial charge on any atom is 0.232 e. The van der Waals surface area contributed by atoms with Gasteiger partial charge in [0.15, 0.2) is 5.82 Å². The highest BCUT2D eigenvalue weighted by Crippen LogP contribution is 2.45. The normalized spacial score (nSPS) is 26.4. The fourth-order valence-corrected chi connectivity index (χ4v) is 3.84. The van der Waals surface area contributed by atoms with Crippen molar-refractivity contribution in [1.29, 1.82) is 0 Å². The van der Waals surface area contributed by atoms with E-state index in [0.29, 0.717) is 12.0 Å². The molecule has 1 N–H and O–H groups in total.